The lowest BCUT2D eigenvalue weighted by atomic mass is 9.96. The van der Waals surface area contributed by atoms with E-state index < -0.39 is 5.97 Å². The van der Waals surface area contributed by atoms with Gasteiger partial charge in [0.1, 0.15) is 0 Å². The lowest BCUT2D eigenvalue weighted by molar-refractivity contribution is 0.0691. The Balaban J connectivity index is 3.30. The Hall–Kier alpha value is -1.35. The maximum absolute atomic E-state index is 11.7. The largest absolute Gasteiger partial charge is 0.478 e. The molecule has 3 nitrogen and oxygen atoms in total. The number of ketones is 1. The number of hydrogen-bond donors (Lipinski definition) is 1. The molecule has 0 fully saturated rings. The third-order valence-electron chi connectivity index (χ3n) is 2.00. The van der Waals surface area contributed by atoms with Crippen molar-refractivity contribution >= 4 is 23.4 Å². The maximum atomic E-state index is 11.7. The van der Waals surface area contributed by atoms with E-state index in [1.807, 2.05) is 0 Å². The molecule has 15 heavy (non-hydrogen) atoms. The van der Waals surface area contributed by atoms with Gasteiger partial charge in [0.05, 0.1) is 5.56 Å². The summed E-state index contributed by atoms with van der Waals surface area (Å²) in [6.45, 7) is 3.43. The monoisotopic (exact) mass is 226 g/mol. The summed E-state index contributed by atoms with van der Waals surface area (Å²) in [7, 11) is 0. The molecule has 80 valence electrons. The van der Waals surface area contributed by atoms with Crippen molar-refractivity contribution in [3.05, 3.63) is 34.3 Å². The molecule has 0 aromatic heterocycles. The van der Waals surface area contributed by atoms with Crippen LogP contribution < -0.4 is 0 Å². The minimum Gasteiger partial charge on any atom is -0.478 e. The van der Waals surface area contributed by atoms with Gasteiger partial charge in [-0.1, -0.05) is 25.4 Å². The van der Waals surface area contributed by atoms with E-state index in [1.54, 1.807) is 13.8 Å². The second kappa shape index (κ2) is 4.45. The first kappa shape index (κ1) is 11.7. The fourth-order valence-electron chi connectivity index (χ4n) is 1.22. The van der Waals surface area contributed by atoms with Gasteiger partial charge >= 0.3 is 5.97 Å². The van der Waals surface area contributed by atoms with E-state index in [4.69, 9.17) is 16.7 Å². The van der Waals surface area contributed by atoms with Crippen molar-refractivity contribution < 1.29 is 14.7 Å². The van der Waals surface area contributed by atoms with Crippen LogP contribution in [0.25, 0.3) is 0 Å². The van der Waals surface area contributed by atoms with E-state index in [2.05, 4.69) is 0 Å². The Morgan fingerprint density at radius 3 is 2.33 bits per heavy atom. The average Bonchev–Trinajstić information content (AvgIpc) is 2.15. The molecule has 0 radical (unpaired) electrons. The van der Waals surface area contributed by atoms with E-state index in [-0.39, 0.29) is 22.8 Å². The molecule has 0 aliphatic carbocycles. The van der Waals surface area contributed by atoms with Crippen LogP contribution in [0.5, 0.6) is 0 Å². The molecule has 1 rings (SSSR count). The number of carbonyl (C=O) groups is 2. The third-order valence-corrected chi connectivity index (χ3v) is 2.24. The van der Waals surface area contributed by atoms with E-state index in [0.717, 1.165) is 0 Å². The van der Waals surface area contributed by atoms with E-state index >= 15 is 0 Å². The van der Waals surface area contributed by atoms with Crippen LogP contribution in [0.3, 0.4) is 0 Å². The molecule has 0 saturated carbocycles. The van der Waals surface area contributed by atoms with Crippen LogP contribution in [-0.2, 0) is 0 Å². The minimum absolute atomic E-state index is 0.00176. The molecule has 0 spiro atoms. The predicted octanol–water partition coefficient (Wildman–Crippen LogP) is 2.88. The topological polar surface area (TPSA) is 54.4 Å². The summed E-state index contributed by atoms with van der Waals surface area (Å²) in [5, 5.41) is 9.26. The lowest BCUT2D eigenvalue weighted by Gasteiger charge is -2.07. The summed E-state index contributed by atoms with van der Waals surface area (Å²) in [5.74, 6) is -1.58. The van der Waals surface area contributed by atoms with Crippen LogP contribution >= 0.6 is 11.6 Å². The highest BCUT2D eigenvalue weighted by Crippen LogP contribution is 2.19. The van der Waals surface area contributed by atoms with Gasteiger partial charge in [0.2, 0.25) is 0 Å². The number of Topliss-reactive ketones (excluding diaryl/α,β-unsaturated/α-hetero) is 1. The first-order chi connectivity index (χ1) is 6.93. The standard InChI is InChI=1S/C11H11ClO3/c1-6(2)10(13)9-5-7(12)3-4-8(9)11(14)15/h3-6H,1-2H3,(H,14,15). The van der Waals surface area contributed by atoms with Crippen molar-refractivity contribution in [2.45, 2.75) is 13.8 Å². The fourth-order valence-corrected chi connectivity index (χ4v) is 1.39. The zero-order chi connectivity index (χ0) is 11.6. The zero-order valence-corrected chi connectivity index (χ0v) is 9.21. The summed E-state index contributed by atoms with van der Waals surface area (Å²) in [5.41, 5.74) is 0.170. The molecule has 0 aliphatic rings. The molecule has 0 unspecified atom stereocenters. The number of carboxylic acid groups (broad SMARTS) is 1. The fraction of sp³-hybridized carbons (Fsp3) is 0.273. The molecule has 1 N–H and O–H groups in total. The highest BCUT2D eigenvalue weighted by atomic mass is 35.5. The smallest absolute Gasteiger partial charge is 0.336 e. The van der Waals surface area contributed by atoms with Gasteiger partial charge in [-0.2, -0.15) is 0 Å². The van der Waals surface area contributed by atoms with Gasteiger partial charge in [0.15, 0.2) is 5.78 Å². The van der Waals surface area contributed by atoms with Crippen LogP contribution in [0, 0.1) is 5.92 Å². The first-order valence-electron chi connectivity index (χ1n) is 4.50. The van der Waals surface area contributed by atoms with Gasteiger partial charge in [-0.3, -0.25) is 4.79 Å². The first-order valence-corrected chi connectivity index (χ1v) is 4.88. The van der Waals surface area contributed by atoms with Gasteiger partial charge < -0.3 is 5.11 Å². The zero-order valence-electron chi connectivity index (χ0n) is 8.45. The summed E-state index contributed by atoms with van der Waals surface area (Å²) in [6.07, 6.45) is 0. The Morgan fingerprint density at radius 1 is 1.27 bits per heavy atom. The summed E-state index contributed by atoms with van der Waals surface area (Å²) < 4.78 is 0. The SMILES string of the molecule is CC(C)C(=O)c1cc(Cl)ccc1C(=O)O. The van der Waals surface area contributed by atoms with Gasteiger partial charge in [-0.25, -0.2) is 4.79 Å². The average molecular weight is 227 g/mol. The van der Waals surface area contributed by atoms with Crippen LogP contribution in [0.4, 0.5) is 0 Å². The molecule has 0 heterocycles. The second-order valence-corrected chi connectivity index (χ2v) is 3.95. The van der Waals surface area contributed by atoms with E-state index in [1.165, 1.54) is 18.2 Å². The predicted molar refractivity (Wildman–Crippen MR) is 57.6 cm³/mol. The number of aromatic carboxylic acids is 1. The van der Waals surface area contributed by atoms with Gasteiger partial charge in [-0.15, -0.1) is 0 Å². The molecule has 0 aliphatic heterocycles. The van der Waals surface area contributed by atoms with Crippen LogP contribution in [0.15, 0.2) is 18.2 Å². The molecule has 0 saturated heterocycles. The highest BCUT2D eigenvalue weighted by molar-refractivity contribution is 6.31. The molecule has 4 heteroatoms. The number of hydrogen-bond acceptors (Lipinski definition) is 2. The van der Waals surface area contributed by atoms with Gasteiger partial charge in [0, 0.05) is 16.5 Å². The highest BCUT2D eigenvalue weighted by Gasteiger charge is 2.18. The molecule has 0 amide bonds. The molecule has 1 aromatic carbocycles. The molecule has 0 bridgehead atoms. The van der Waals surface area contributed by atoms with E-state index in [9.17, 15) is 9.59 Å². The molecular weight excluding hydrogens is 216 g/mol. The van der Waals surface area contributed by atoms with Crippen molar-refractivity contribution in [3.8, 4) is 0 Å². The third kappa shape index (κ3) is 2.57. The Kier molecular flexibility index (Phi) is 3.48. The Bertz CT molecular complexity index is 410. The van der Waals surface area contributed by atoms with Crippen LogP contribution in [0.2, 0.25) is 5.02 Å². The number of benzene rings is 1. The Labute approximate surface area is 92.7 Å². The number of rotatable bonds is 3. The van der Waals surface area contributed by atoms with Crippen molar-refractivity contribution in [2.24, 2.45) is 5.92 Å². The second-order valence-electron chi connectivity index (χ2n) is 3.51. The van der Waals surface area contributed by atoms with Crippen LogP contribution in [0.1, 0.15) is 34.6 Å². The Morgan fingerprint density at radius 2 is 1.87 bits per heavy atom. The number of carbonyl (C=O) groups excluding carboxylic acids is 1. The summed E-state index contributed by atoms with van der Waals surface area (Å²) in [4.78, 5) is 22.6. The number of carboxylic acids is 1. The van der Waals surface area contributed by atoms with Crippen molar-refractivity contribution in [2.75, 3.05) is 0 Å². The maximum Gasteiger partial charge on any atom is 0.336 e. The lowest BCUT2D eigenvalue weighted by Crippen LogP contribution is -2.13. The molecular formula is C11H11ClO3. The molecule has 0 atom stereocenters. The van der Waals surface area contributed by atoms with Crippen molar-refractivity contribution in [1.82, 2.24) is 0 Å². The normalized spacial score (nSPS) is 10.4. The van der Waals surface area contributed by atoms with Crippen molar-refractivity contribution in [3.63, 3.8) is 0 Å². The van der Waals surface area contributed by atoms with Crippen molar-refractivity contribution in [1.29, 1.82) is 0 Å². The van der Waals surface area contributed by atoms with Gasteiger partial charge in [-0.05, 0) is 18.2 Å². The van der Waals surface area contributed by atoms with Gasteiger partial charge in [0.25, 0.3) is 0 Å². The van der Waals surface area contributed by atoms with Crippen LogP contribution in [-0.4, -0.2) is 16.9 Å². The summed E-state index contributed by atoms with van der Waals surface area (Å²) >= 11 is 5.73. The minimum atomic E-state index is -1.12. The molecule has 1 aromatic rings. The quantitative estimate of drug-likeness (QED) is 0.807. The number of halogens is 1. The van der Waals surface area contributed by atoms with E-state index in [0.29, 0.717) is 5.02 Å². The summed E-state index contributed by atoms with van der Waals surface area (Å²) in [6, 6.07) is 4.20.